The molecule has 2 aromatic rings. The SMILES string of the molecule is Cc1ccc(CN2CC(C(=O)N(C)Cc3ccc(F)cc3F)CC2=O)cc1. The van der Waals surface area contributed by atoms with Crippen molar-refractivity contribution in [1.29, 1.82) is 0 Å². The molecular weight excluding hydrogens is 350 g/mol. The summed E-state index contributed by atoms with van der Waals surface area (Å²) in [7, 11) is 1.57. The first-order valence-corrected chi connectivity index (χ1v) is 8.85. The molecule has 0 spiro atoms. The predicted molar refractivity (Wildman–Crippen MR) is 97.5 cm³/mol. The molecule has 2 amide bonds. The molecule has 0 bridgehead atoms. The van der Waals surface area contributed by atoms with Gasteiger partial charge in [-0.25, -0.2) is 8.78 Å². The normalized spacial score (nSPS) is 16.7. The van der Waals surface area contributed by atoms with Gasteiger partial charge in [-0.2, -0.15) is 0 Å². The van der Waals surface area contributed by atoms with E-state index in [2.05, 4.69) is 0 Å². The summed E-state index contributed by atoms with van der Waals surface area (Å²) in [5, 5.41) is 0. The number of aryl methyl sites for hydroxylation is 1. The van der Waals surface area contributed by atoms with Crippen LogP contribution in [0.15, 0.2) is 42.5 Å². The van der Waals surface area contributed by atoms with Gasteiger partial charge in [0.25, 0.3) is 0 Å². The monoisotopic (exact) mass is 372 g/mol. The Bertz CT molecular complexity index is 852. The van der Waals surface area contributed by atoms with Crippen molar-refractivity contribution in [3.05, 3.63) is 70.8 Å². The van der Waals surface area contributed by atoms with Crippen LogP contribution in [-0.2, 0) is 22.7 Å². The largest absolute Gasteiger partial charge is 0.341 e. The molecular formula is C21H22F2N2O2. The van der Waals surface area contributed by atoms with Crippen LogP contribution in [0.2, 0.25) is 0 Å². The van der Waals surface area contributed by atoms with Crippen molar-refractivity contribution in [2.45, 2.75) is 26.4 Å². The van der Waals surface area contributed by atoms with Crippen molar-refractivity contribution in [1.82, 2.24) is 9.80 Å². The molecule has 1 fully saturated rings. The maximum Gasteiger partial charge on any atom is 0.228 e. The zero-order chi connectivity index (χ0) is 19.6. The number of benzene rings is 2. The highest BCUT2D eigenvalue weighted by Gasteiger charge is 2.35. The lowest BCUT2D eigenvalue weighted by atomic mass is 10.1. The molecule has 0 aliphatic carbocycles. The van der Waals surface area contributed by atoms with E-state index in [1.165, 1.54) is 17.0 Å². The molecule has 1 aliphatic heterocycles. The Morgan fingerprint density at radius 2 is 1.89 bits per heavy atom. The first-order valence-electron chi connectivity index (χ1n) is 8.85. The third kappa shape index (κ3) is 4.51. The van der Waals surface area contributed by atoms with Gasteiger partial charge in [-0.05, 0) is 18.6 Å². The van der Waals surface area contributed by atoms with Crippen LogP contribution in [0.4, 0.5) is 8.78 Å². The maximum absolute atomic E-state index is 13.8. The lowest BCUT2D eigenvalue weighted by molar-refractivity contribution is -0.135. The molecule has 1 heterocycles. The fraction of sp³-hybridized carbons (Fsp3) is 0.333. The summed E-state index contributed by atoms with van der Waals surface area (Å²) in [6.07, 6.45) is 0.154. The van der Waals surface area contributed by atoms with E-state index in [1.54, 1.807) is 11.9 Å². The number of hydrogen-bond donors (Lipinski definition) is 0. The highest BCUT2D eigenvalue weighted by molar-refractivity contribution is 5.89. The average Bonchev–Trinajstić information content (AvgIpc) is 2.99. The number of rotatable bonds is 5. The molecule has 0 aromatic heterocycles. The first kappa shape index (κ1) is 19.0. The van der Waals surface area contributed by atoms with Crippen molar-refractivity contribution in [2.24, 2.45) is 5.92 Å². The second-order valence-corrected chi connectivity index (χ2v) is 7.09. The number of nitrogens with zero attached hydrogens (tertiary/aromatic N) is 2. The Kier molecular flexibility index (Phi) is 5.54. The van der Waals surface area contributed by atoms with Crippen LogP contribution in [0.1, 0.15) is 23.1 Å². The highest BCUT2D eigenvalue weighted by atomic mass is 19.1. The van der Waals surface area contributed by atoms with Crippen LogP contribution in [0.3, 0.4) is 0 Å². The molecule has 1 aliphatic rings. The summed E-state index contributed by atoms with van der Waals surface area (Å²) >= 11 is 0. The van der Waals surface area contributed by atoms with E-state index >= 15 is 0 Å². The van der Waals surface area contributed by atoms with Crippen LogP contribution >= 0.6 is 0 Å². The maximum atomic E-state index is 13.8. The van der Waals surface area contributed by atoms with Gasteiger partial charge in [-0.1, -0.05) is 35.9 Å². The smallest absolute Gasteiger partial charge is 0.228 e. The van der Waals surface area contributed by atoms with E-state index in [-0.39, 0.29) is 30.3 Å². The number of likely N-dealkylation sites (tertiary alicyclic amines) is 1. The summed E-state index contributed by atoms with van der Waals surface area (Å²) < 4.78 is 26.8. The minimum absolute atomic E-state index is 0.0353. The second kappa shape index (κ2) is 7.86. The van der Waals surface area contributed by atoms with Crippen molar-refractivity contribution < 1.29 is 18.4 Å². The van der Waals surface area contributed by atoms with Gasteiger partial charge in [0.1, 0.15) is 11.6 Å². The molecule has 27 heavy (non-hydrogen) atoms. The van der Waals surface area contributed by atoms with E-state index in [1.807, 2.05) is 31.2 Å². The van der Waals surface area contributed by atoms with E-state index in [4.69, 9.17) is 0 Å². The second-order valence-electron chi connectivity index (χ2n) is 7.09. The van der Waals surface area contributed by atoms with Crippen LogP contribution in [0, 0.1) is 24.5 Å². The minimum Gasteiger partial charge on any atom is -0.341 e. The number of amides is 2. The quantitative estimate of drug-likeness (QED) is 0.808. The van der Waals surface area contributed by atoms with Crippen molar-refractivity contribution in [2.75, 3.05) is 13.6 Å². The van der Waals surface area contributed by atoms with Gasteiger partial charge < -0.3 is 9.80 Å². The molecule has 0 saturated carbocycles. The summed E-state index contributed by atoms with van der Waals surface area (Å²) in [6, 6.07) is 11.2. The minimum atomic E-state index is -0.682. The van der Waals surface area contributed by atoms with Crippen LogP contribution in [0.25, 0.3) is 0 Å². The van der Waals surface area contributed by atoms with Gasteiger partial charge in [0.2, 0.25) is 11.8 Å². The van der Waals surface area contributed by atoms with Crippen molar-refractivity contribution >= 4 is 11.8 Å². The summed E-state index contributed by atoms with van der Waals surface area (Å²) in [5.74, 6) is -2.05. The Morgan fingerprint density at radius 3 is 2.56 bits per heavy atom. The molecule has 1 atom stereocenters. The van der Waals surface area contributed by atoms with Gasteiger partial charge >= 0.3 is 0 Å². The summed E-state index contributed by atoms with van der Waals surface area (Å²) in [5.41, 5.74) is 2.41. The molecule has 1 saturated heterocycles. The average molecular weight is 372 g/mol. The van der Waals surface area contributed by atoms with Gasteiger partial charge in [0, 0.05) is 44.7 Å². The molecule has 3 rings (SSSR count). The Labute approximate surface area is 157 Å². The predicted octanol–water partition coefficient (Wildman–Crippen LogP) is 3.28. The first-order chi connectivity index (χ1) is 12.8. The van der Waals surface area contributed by atoms with E-state index < -0.39 is 17.6 Å². The fourth-order valence-corrected chi connectivity index (χ4v) is 3.30. The molecule has 142 valence electrons. The van der Waals surface area contributed by atoms with Gasteiger partial charge in [-0.15, -0.1) is 0 Å². The molecule has 6 heteroatoms. The van der Waals surface area contributed by atoms with Crippen molar-refractivity contribution in [3.63, 3.8) is 0 Å². The number of hydrogen-bond acceptors (Lipinski definition) is 2. The topological polar surface area (TPSA) is 40.6 Å². The highest BCUT2D eigenvalue weighted by Crippen LogP contribution is 2.23. The Balaban J connectivity index is 1.61. The van der Waals surface area contributed by atoms with Gasteiger partial charge in [-0.3, -0.25) is 9.59 Å². The lowest BCUT2D eigenvalue weighted by Gasteiger charge is -2.22. The van der Waals surface area contributed by atoms with E-state index in [0.29, 0.717) is 13.1 Å². The van der Waals surface area contributed by atoms with Crippen LogP contribution in [-0.4, -0.2) is 35.2 Å². The summed E-state index contributed by atoms with van der Waals surface area (Å²) in [6.45, 7) is 2.86. The molecule has 0 radical (unpaired) electrons. The Morgan fingerprint density at radius 1 is 1.19 bits per heavy atom. The van der Waals surface area contributed by atoms with E-state index in [9.17, 15) is 18.4 Å². The van der Waals surface area contributed by atoms with Gasteiger partial charge in [0.05, 0.1) is 5.92 Å². The Hall–Kier alpha value is -2.76. The zero-order valence-corrected chi connectivity index (χ0v) is 15.4. The summed E-state index contributed by atoms with van der Waals surface area (Å²) in [4.78, 5) is 28.0. The fourth-order valence-electron chi connectivity index (χ4n) is 3.30. The lowest BCUT2D eigenvalue weighted by Crippen LogP contribution is -2.34. The van der Waals surface area contributed by atoms with Crippen LogP contribution in [0.5, 0.6) is 0 Å². The molecule has 0 N–H and O–H groups in total. The molecule has 1 unspecified atom stereocenters. The third-order valence-corrected chi connectivity index (χ3v) is 4.86. The van der Waals surface area contributed by atoms with E-state index in [0.717, 1.165) is 17.2 Å². The number of carbonyl (C=O) groups is 2. The zero-order valence-electron chi connectivity index (χ0n) is 15.4. The number of carbonyl (C=O) groups excluding carboxylic acids is 2. The molecule has 4 nitrogen and oxygen atoms in total. The van der Waals surface area contributed by atoms with Crippen LogP contribution < -0.4 is 0 Å². The van der Waals surface area contributed by atoms with Crippen molar-refractivity contribution in [3.8, 4) is 0 Å². The third-order valence-electron chi connectivity index (χ3n) is 4.86. The number of halogens is 2. The van der Waals surface area contributed by atoms with Gasteiger partial charge in [0.15, 0.2) is 0 Å². The molecule has 2 aromatic carbocycles. The standard InChI is InChI=1S/C21H22F2N2O2/c1-14-3-5-15(6-4-14)11-25-13-17(9-20(25)26)21(27)24(2)12-16-7-8-18(22)10-19(16)23/h3-8,10,17H,9,11-13H2,1-2H3.